The highest BCUT2D eigenvalue weighted by Crippen LogP contribution is 2.45. The molecule has 0 aromatic heterocycles. The van der Waals surface area contributed by atoms with Gasteiger partial charge in [0.1, 0.15) is 11.3 Å². The maximum atomic E-state index is 15.0. The van der Waals surface area contributed by atoms with Crippen LogP contribution >= 0.6 is 0 Å². The molecule has 0 radical (unpaired) electrons. The van der Waals surface area contributed by atoms with E-state index >= 15 is 4.39 Å². The Bertz CT molecular complexity index is 1010. The van der Waals surface area contributed by atoms with Crippen LogP contribution in [0.4, 0.5) is 17.6 Å². The smallest absolute Gasteiger partial charge is 0.429 e. The van der Waals surface area contributed by atoms with Crippen molar-refractivity contribution in [3.8, 4) is 5.75 Å². The monoisotopic (exact) mass is 502 g/mol. The topological polar surface area (TPSA) is 9.23 Å². The summed E-state index contributed by atoms with van der Waals surface area (Å²) in [6.07, 6.45) is 11.0. The van der Waals surface area contributed by atoms with Crippen LogP contribution in [0.25, 0.3) is 6.08 Å². The lowest BCUT2D eigenvalue weighted by molar-refractivity contribution is -0.187. The Morgan fingerprint density at radius 3 is 2.03 bits per heavy atom. The van der Waals surface area contributed by atoms with E-state index in [2.05, 4.69) is 6.92 Å². The van der Waals surface area contributed by atoms with Crippen LogP contribution < -0.4 is 4.74 Å². The molecule has 36 heavy (non-hydrogen) atoms. The quantitative estimate of drug-likeness (QED) is 0.326. The van der Waals surface area contributed by atoms with Crippen molar-refractivity contribution in [1.82, 2.24) is 0 Å². The van der Waals surface area contributed by atoms with Crippen LogP contribution in [0, 0.1) is 29.4 Å². The Balaban J connectivity index is 1.39. The van der Waals surface area contributed by atoms with E-state index < -0.39 is 23.3 Å². The van der Waals surface area contributed by atoms with Gasteiger partial charge in [0.05, 0.1) is 0 Å². The Hall–Kier alpha value is -2.30. The van der Waals surface area contributed by atoms with E-state index in [9.17, 15) is 13.2 Å². The fourth-order valence-corrected chi connectivity index (χ4v) is 6.41. The summed E-state index contributed by atoms with van der Waals surface area (Å²) in [4.78, 5) is 0. The molecule has 2 saturated carbocycles. The van der Waals surface area contributed by atoms with Gasteiger partial charge in [-0.15, -0.1) is 0 Å². The van der Waals surface area contributed by atoms with E-state index in [4.69, 9.17) is 4.74 Å². The zero-order valence-electron chi connectivity index (χ0n) is 21.4. The van der Waals surface area contributed by atoms with Crippen molar-refractivity contribution in [3.05, 3.63) is 70.8 Å². The molecule has 5 heteroatoms. The highest BCUT2D eigenvalue weighted by Gasteiger charge is 2.40. The standard InChI is InChI=1S/C31H38F4O/c1-3-5-21-7-11-23(12-8-21)24-13-15-25(16-14-24)27-19-20-28(30(33)29(27)32)31(34,35)36-26-17-9-22(6-4-2)10-18-26/h4,6,9-10,17-21,23-25H,3,5,7-8,11-16H2,1-2H3/b6-4+. The number of benzene rings is 2. The van der Waals surface area contributed by atoms with Gasteiger partial charge in [0.25, 0.3) is 0 Å². The summed E-state index contributed by atoms with van der Waals surface area (Å²) in [6.45, 7) is 4.10. The molecule has 4 rings (SSSR count). The largest absolute Gasteiger partial charge is 0.429 e. The summed E-state index contributed by atoms with van der Waals surface area (Å²) in [6, 6.07) is 8.35. The van der Waals surface area contributed by atoms with E-state index in [0.717, 1.165) is 49.1 Å². The van der Waals surface area contributed by atoms with Gasteiger partial charge in [-0.1, -0.05) is 63.0 Å². The van der Waals surface area contributed by atoms with Crippen LogP contribution in [-0.2, 0) is 6.11 Å². The number of rotatable bonds is 8. The first-order valence-corrected chi connectivity index (χ1v) is 13.6. The zero-order chi connectivity index (χ0) is 25.7. The maximum absolute atomic E-state index is 15.0. The second-order valence-electron chi connectivity index (χ2n) is 10.7. The van der Waals surface area contributed by atoms with Crippen molar-refractivity contribution in [2.24, 2.45) is 17.8 Å². The molecule has 0 atom stereocenters. The number of alkyl halides is 2. The molecule has 0 amide bonds. The van der Waals surface area contributed by atoms with Crippen LogP contribution in [0.5, 0.6) is 5.75 Å². The Kier molecular flexibility index (Phi) is 8.79. The summed E-state index contributed by atoms with van der Waals surface area (Å²) in [5.41, 5.74) is -0.0275. The van der Waals surface area contributed by atoms with Crippen molar-refractivity contribution in [2.45, 2.75) is 90.1 Å². The van der Waals surface area contributed by atoms with Crippen molar-refractivity contribution < 1.29 is 22.3 Å². The van der Waals surface area contributed by atoms with Gasteiger partial charge in [-0.05, 0) is 98.4 Å². The minimum absolute atomic E-state index is 0.112. The molecule has 0 N–H and O–H groups in total. The van der Waals surface area contributed by atoms with Crippen LogP contribution in [0.3, 0.4) is 0 Å². The van der Waals surface area contributed by atoms with E-state index in [1.807, 2.05) is 19.1 Å². The maximum Gasteiger partial charge on any atom is 0.429 e. The van der Waals surface area contributed by atoms with Gasteiger partial charge in [-0.25, -0.2) is 8.78 Å². The minimum atomic E-state index is -3.99. The number of allylic oxidation sites excluding steroid dienone is 1. The molecule has 2 aromatic carbocycles. The Labute approximate surface area is 212 Å². The van der Waals surface area contributed by atoms with E-state index in [-0.39, 0.29) is 17.2 Å². The Morgan fingerprint density at radius 1 is 0.833 bits per heavy atom. The third kappa shape index (κ3) is 6.15. The normalized spacial score (nSPS) is 25.3. The van der Waals surface area contributed by atoms with Crippen molar-refractivity contribution in [3.63, 3.8) is 0 Å². The van der Waals surface area contributed by atoms with Gasteiger partial charge in [-0.2, -0.15) is 8.78 Å². The second kappa shape index (κ2) is 11.8. The number of ether oxygens (including phenoxy) is 1. The van der Waals surface area contributed by atoms with Gasteiger partial charge in [-0.3, -0.25) is 0 Å². The first-order chi connectivity index (χ1) is 17.3. The summed E-state index contributed by atoms with van der Waals surface area (Å²) >= 11 is 0. The highest BCUT2D eigenvalue weighted by atomic mass is 19.3. The molecule has 0 aliphatic heterocycles. The van der Waals surface area contributed by atoms with Gasteiger partial charge in [0.15, 0.2) is 11.6 Å². The summed E-state index contributed by atoms with van der Waals surface area (Å²) in [5, 5.41) is 0. The molecular formula is C31H38F4O. The van der Waals surface area contributed by atoms with Gasteiger partial charge >= 0.3 is 6.11 Å². The lowest BCUT2D eigenvalue weighted by Crippen LogP contribution is -2.26. The molecule has 0 spiro atoms. The lowest BCUT2D eigenvalue weighted by Gasteiger charge is -2.38. The third-order valence-corrected chi connectivity index (χ3v) is 8.38. The molecule has 2 fully saturated rings. The fraction of sp³-hybridized carbons (Fsp3) is 0.548. The van der Waals surface area contributed by atoms with Gasteiger partial charge < -0.3 is 4.74 Å². The average Bonchev–Trinajstić information content (AvgIpc) is 2.87. The van der Waals surface area contributed by atoms with Crippen molar-refractivity contribution in [2.75, 3.05) is 0 Å². The second-order valence-corrected chi connectivity index (χ2v) is 10.7. The first-order valence-electron chi connectivity index (χ1n) is 13.6. The average molecular weight is 503 g/mol. The van der Waals surface area contributed by atoms with Gasteiger partial charge in [0, 0.05) is 0 Å². The van der Waals surface area contributed by atoms with Gasteiger partial charge in [0.2, 0.25) is 0 Å². The molecule has 1 nitrogen and oxygen atoms in total. The summed E-state index contributed by atoms with van der Waals surface area (Å²) in [7, 11) is 0. The summed E-state index contributed by atoms with van der Waals surface area (Å²) < 4.78 is 64.3. The van der Waals surface area contributed by atoms with E-state index in [0.29, 0.717) is 5.92 Å². The first kappa shape index (κ1) is 26.8. The highest BCUT2D eigenvalue weighted by molar-refractivity contribution is 5.50. The van der Waals surface area contributed by atoms with Crippen molar-refractivity contribution >= 4 is 6.08 Å². The van der Waals surface area contributed by atoms with Crippen LogP contribution in [0.15, 0.2) is 42.5 Å². The number of halogens is 4. The van der Waals surface area contributed by atoms with E-state index in [1.54, 1.807) is 12.1 Å². The molecule has 0 saturated heterocycles. The third-order valence-electron chi connectivity index (χ3n) is 8.38. The van der Waals surface area contributed by atoms with Crippen LogP contribution in [0.1, 0.15) is 101 Å². The molecule has 2 aliphatic carbocycles. The number of hydrogen-bond donors (Lipinski definition) is 0. The fourth-order valence-electron chi connectivity index (χ4n) is 6.41. The number of hydrogen-bond acceptors (Lipinski definition) is 1. The molecular weight excluding hydrogens is 464 g/mol. The molecule has 2 aliphatic rings. The molecule has 0 heterocycles. The van der Waals surface area contributed by atoms with E-state index in [1.165, 1.54) is 56.7 Å². The lowest BCUT2D eigenvalue weighted by atomic mass is 9.68. The Morgan fingerprint density at radius 2 is 1.44 bits per heavy atom. The molecule has 196 valence electrons. The molecule has 2 aromatic rings. The van der Waals surface area contributed by atoms with Crippen LogP contribution in [0.2, 0.25) is 0 Å². The SMILES string of the molecule is C/C=C/c1ccc(OC(F)(F)c2ccc(C3CCC(C4CCC(CCC)CC4)CC3)c(F)c2F)cc1. The molecule has 0 unspecified atom stereocenters. The predicted molar refractivity (Wildman–Crippen MR) is 137 cm³/mol. The zero-order valence-corrected chi connectivity index (χ0v) is 21.4. The minimum Gasteiger partial charge on any atom is -0.429 e. The van der Waals surface area contributed by atoms with Crippen molar-refractivity contribution in [1.29, 1.82) is 0 Å². The van der Waals surface area contributed by atoms with Crippen LogP contribution in [-0.4, -0.2) is 0 Å². The predicted octanol–water partition coefficient (Wildman–Crippen LogP) is 10.0. The summed E-state index contributed by atoms with van der Waals surface area (Å²) in [5.74, 6) is -0.659. The molecule has 0 bridgehead atoms.